The second-order valence-electron chi connectivity index (χ2n) is 2.48. The number of amides is 1. The molecule has 1 aromatic rings. The molecule has 1 amide bonds. The van der Waals surface area contributed by atoms with Crippen molar-refractivity contribution in [3.8, 4) is 0 Å². The zero-order valence-electron chi connectivity index (χ0n) is 7.36. The molecule has 1 rings (SSSR count). The Morgan fingerprint density at radius 3 is 3.15 bits per heavy atom. The third-order valence-corrected chi connectivity index (χ3v) is 1.54. The van der Waals surface area contributed by atoms with Crippen molar-refractivity contribution >= 4 is 12.2 Å². The average molecular weight is 181 g/mol. The van der Waals surface area contributed by atoms with E-state index in [2.05, 4.69) is 10.3 Å². The van der Waals surface area contributed by atoms with E-state index in [1.165, 1.54) is 10.8 Å². The van der Waals surface area contributed by atoms with Gasteiger partial charge in [-0.1, -0.05) is 0 Å². The molecule has 1 N–H and O–H groups in total. The van der Waals surface area contributed by atoms with Crippen LogP contribution in [-0.2, 0) is 11.3 Å². The molecule has 0 spiro atoms. The molecule has 0 bridgehead atoms. The Hall–Kier alpha value is -1.65. The monoisotopic (exact) mass is 181 g/mol. The first kappa shape index (κ1) is 9.44. The number of hydrogen-bond donors (Lipinski definition) is 1. The second-order valence-corrected chi connectivity index (χ2v) is 2.48. The number of carbonyl (C=O) groups is 2. The Morgan fingerprint density at radius 1 is 1.77 bits per heavy atom. The van der Waals surface area contributed by atoms with Gasteiger partial charge in [-0.05, 0) is 6.92 Å². The number of nitrogens with one attached hydrogen (secondary N) is 1. The zero-order valence-corrected chi connectivity index (χ0v) is 7.36. The lowest BCUT2D eigenvalue weighted by atomic mass is 10.5. The van der Waals surface area contributed by atoms with Crippen LogP contribution in [0.15, 0.2) is 12.4 Å². The molecule has 13 heavy (non-hydrogen) atoms. The minimum absolute atomic E-state index is 0.122. The fourth-order valence-electron chi connectivity index (χ4n) is 0.980. The van der Waals surface area contributed by atoms with E-state index in [9.17, 15) is 9.59 Å². The summed E-state index contributed by atoms with van der Waals surface area (Å²) >= 11 is 0. The van der Waals surface area contributed by atoms with Gasteiger partial charge < -0.3 is 9.88 Å². The molecule has 0 aliphatic carbocycles. The lowest BCUT2D eigenvalue weighted by molar-refractivity contribution is -0.121. The Kier molecular flexibility index (Phi) is 3.19. The van der Waals surface area contributed by atoms with Gasteiger partial charge in [0.1, 0.15) is 6.54 Å². The quantitative estimate of drug-likeness (QED) is 0.656. The van der Waals surface area contributed by atoms with Crippen LogP contribution in [0.5, 0.6) is 0 Å². The molecule has 0 saturated heterocycles. The van der Waals surface area contributed by atoms with E-state index >= 15 is 0 Å². The van der Waals surface area contributed by atoms with Crippen LogP contribution in [0.25, 0.3) is 0 Å². The normalized spacial score (nSPS) is 9.62. The number of likely N-dealkylation sites (N-methyl/N-ethyl adjacent to an activating group) is 1. The summed E-state index contributed by atoms with van der Waals surface area (Å²) in [6, 6.07) is 0. The highest BCUT2D eigenvalue weighted by Gasteiger charge is 2.04. The van der Waals surface area contributed by atoms with Gasteiger partial charge >= 0.3 is 0 Å². The van der Waals surface area contributed by atoms with Crippen molar-refractivity contribution in [2.75, 3.05) is 6.54 Å². The van der Waals surface area contributed by atoms with Crippen LogP contribution in [0.1, 0.15) is 17.5 Å². The molecule has 0 radical (unpaired) electrons. The molecular weight excluding hydrogens is 170 g/mol. The first-order chi connectivity index (χ1) is 6.27. The van der Waals surface area contributed by atoms with Gasteiger partial charge in [0.2, 0.25) is 5.91 Å². The Labute approximate surface area is 75.8 Å². The Balaban J connectivity index is 2.62. The summed E-state index contributed by atoms with van der Waals surface area (Å²) < 4.78 is 1.50. The third kappa shape index (κ3) is 2.40. The van der Waals surface area contributed by atoms with Crippen molar-refractivity contribution in [3.63, 3.8) is 0 Å². The van der Waals surface area contributed by atoms with E-state index in [0.717, 1.165) is 0 Å². The molecule has 1 heterocycles. The highest BCUT2D eigenvalue weighted by atomic mass is 16.2. The van der Waals surface area contributed by atoms with Crippen LogP contribution in [0.3, 0.4) is 0 Å². The molecule has 0 atom stereocenters. The van der Waals surface area contributed by atoms with Crippen molar-refractivity contribution in [1.29, 1.82) is 0 Å². The van der Waals surface area contributed by atoms with Gasteiger partial charge in [-0.3, -0.25) is 9.59 Å². The highest BCUT2D eigenvalue weighted by Crippen LogP contribution is 1.93. The second kappa shape index (κ2) is 4.39. The van der Waals surface area contributed by atoms with Gasteiger partial charge in [0.05, 0.1) is 0 Å². The summed E-state index contributed by atoms with van der Waals surface area (Å²) in [5, 5.41) is 2.63. The van der Waals surface area contributed by atoms with E-state index in [1.807, 2.05) is 6.92 Å². The first-order valence-corrected chi connectivity index (χ1v) is 4.01. The van der Waals surface area contributed by atoms with Crippen LogP contribution in [0, 0.1) is 0 Å². The molecule has 70 valence electrons. The summed E-state index contributed by atoms with van der Waals surface area (Å²) in [5.41, 5.74) is 0. The van der Waals surface area contributed by atoms with Crippen LogP contribution in [0.2, 0.25) is 0 Å². The van der Waals surface area contributed by atoms with Crippen LogP contribution in [0.4, 0.5) is 0 Å². The van der Waals surface area contributed by atoms with E-state index in [0.29, 0.717) is 12.8 Å². The number of imidazole rings is 1. The van der Waals surface area contributed by atoms with Gasteiger partial charge in [0.25, 0.3) is 0 Å². The first-order valence-electron chi connectivity index (χ1n) is 4.01. The topological polar surface area (TPSA) is 64.0 Å². The summed E-state index contributed by atoms with van der Waals surface area (Å²) in [7, 11) is 0. The maximum absolute atomic E-state index is 11.1. The molecule has 1 aromatic heterocycles. The predicted octanol–water partition coefficient (Wildman–Crippen LogP) is -0.168. The van der Waals surface area contributed by atoms with Crippen molar-refractivity contribution in [2.24, 2.45) is 0 Å². The summed E-state index contributed by atoms with van der Waals surface area (Å²) in [4.78, 5) is 25.3. The summed E-state index contributed by atoms with van der Waals surface area (Å²) in [6.07, 6.45) is 3.71. The predicted molar refractivity (Wildman–Crippen MR) is 46.3 cm³/mol. The number of hydrogen-bond acceptors (Lipinski definition) is 3. The number of aromatic nitrogens is 2. The molecule has 0 unspecified atom stereocenters. The third-order valence-electron chi connectivity index (χ3n) is 1.54. The molecular formula is C8H11N3O2. The van der Waals surface area contributed by atoms with Gasteiger partial charge in [-0.25, -0.2) is 4.98 Å². The van der Waals surface area contributed by atoms with Gasteiger partial charge in [-0.15, -0.1) is 0 Å². The van der Waals surface area contributed by atoms with Crippen molar-refractivity contribution in [3.05, 3.63) is 18.2 Å². The van der Waals surface area contributed by atoms with Crippen molar-refractivity contribution < 1.29 is 9.59 Å². The fourth-order valence-corrected chi connectivity index (χ4v) is 0.980. The molecule has 5 nitrogen and oxygen atoms in total. The largest absolute Gasteiger partial charge is 0.355 e. The standard InChI is InChI=1S/C8H11N3O2/c1-2-9-8(13)5-11-4-3-10-7(11)6-12/h3-4,6H,2,5H2,1H3,(H,9,13). The maximum Gasteiger partial charge on any atom is 0.239 e. The lowest BCUT2D eigenvalue weighted by Crippen LogP contribution is -2.27. The number of carbonyl (C=O) groups excluding carboxylic acids is 2. The average Bonchev–Trinajstić information content (AvgIpc) is 2.52. The molecule has 0 aliphatic heterocycles. The van der Waals surface area contributed by atoms with Crippen LogP contribution >= 0.6 is 0 Å². The van der Waals surface area contributed by atoms with Crippen LogP contribution < -0.4 is 5.32 Å². The highest BCUT2D eigenvalue weighted by molar-refractivity contribution is 5.77. The molecule has 0 aliphatic rings. The number of rotatable bonds is 4. The van der Waals surface area contributed by atoms with E-state index in [-0.39, 0.29) is 18.3 Å². The fraction of sp³-hybridized carbons (Fsp3) is 0.375. The molecule has 0 fully saturated rings. The molecule has 0 saturated carbocycles. The van der Waals surface area contributed by atoms with Gasteiger partial charge in [0, 0.05) is 18.9 Å². The summed E-state index contributed by atoms with van der Waals surface area (Å²) in [5.74, 6) is 0.148. The SMILES string of the molecule is CCNC(=O)Cn1ccnc1C=O. The van der Waals surface area contributed by atoms with Gasteiger partial charge in [0.15, 0.2) is 12.1 Å². The van der Waals surface area contributed by atoms with Crippen molar-refractivity contribution in [1.82, 2.24) is 14.9 Å². The van der Waals surface area contributed by atoms with E-state index < -0.39 is 0 Å². The zero-order chi connectivity index (χ0) is 9.68. The molecule has 5 heteroatoms. The van der Waals surface area contributed by atoms with E-state index in [4.69, 9.17) is 0 Å². The number of aldehydes is 1. The minimum Gasteiger partial charge on any atom is -0.355 e. The molecule has 0 aromatic carbocycles. The maximum atomic E-state index is 11.1. The van der Waals surface area contributed by atoms with Crippen molar-refractivity contribution in [2.45, 2.75) is 13.5 Å². The Morgan fingerprint density at radius 2 is 2.54 bits per heavy atom. The minimum atomic E-state index is -0.122. The smallest absolute Gasteiger partial charge is 0.239 e. The number of nitrogens with zero attached hydrogens (tertiary/aromatic N) is 2. The van der Waals surface area contributed by atoms with Crippen LogP contribution in [-0.4, -0.2) is 28.3 Å². The van der Waals surface area contributed by atoms with Gasteiger partial charge in [-0.2, -0.15) is 0 Å². The van der Waals surface area contributed by atoms with E-state index in [1.54, 1.807) is 6.20 Å². The summed E-state index contributed by atoms with van der Waals surface area (Å²) in [6.45, 7) is 2.57. The Bertz CT molecular complexity index is 306. The lowest BCUT2D eigenvalue weighted by Gasteiger charge is -2.03.